The first-order chi connectivity index (χ1) is 11.6. The van der Waals surface area contributed by atoms with Crippen LogP contribution in [0.1, 0.15) is 46.9 Å². The highest BCUT2D eigenvalue weighted by molar-refractivity contribution is 7.16. The van der Waals surface area contributed by atoms with Crippen LogP contribution in [0.2, 0.25) is 0 Å². The molecule has 7 heteroatoms. The largest absolute Gasteiger partial charge is 0.297 e. The Morgan fingerprint density at radius 1 is 1.25 bits per heavy atom. The molecule has 0 unspecified atom stereocenters. The molecule has 0 aliphatic heterocycles. The van der Waals surface area contributed by atoms with Crippen molar-refractivity contribution in [1.29, 1.82) is 0 Å². The molecule has 1 amide bonds. The number of aryl methyl sites for hydroxylation is 1. The summed E-state index contributed by atoms with van der Waals surface area (Å²) in [7, 11) is 0. The molecular formula is C17H18N4OS2. The van der Waals surface area contributed by atoms with Crippen molar-refractivity contribution in [3.05, 3.63) is 45.8 Å². The fourth-order valence-electron chi connectivity index (χ4n) is 2.35. The Hall–Kier alpha value is -2.12. The molecule has 0 aliphatic rings. The second-order valence-electron chi connectivity index (χ2n) is 5.61. The highest BCUT2D eigenvalue weighted by atomic mass is 32.1. The zero-order chi connectivity index (χ0) is 17.1. The molecule has 0 spiro atoms. The van der Waals surface area contributed by atoms with Crippen molar-refractivity contribution in [1.82, 2.24) is 14.6 Å². The number of rotatable bonds is 5. The van der Waals surface area contributed by atoms with E-state index in [2.05, 4.69) is 33.7 Å². The van der Waals surface area contributed by atoms with Crippen molar-refractivity contribution in [3.63, 3.8) is 0 Å². The van der Waals surface area contributed by atoms with E-state index in [-0.39, 0.29) is 5.91 Å². The molecule has 0 saturated carbocycles. The van der Waals surface area contributed by atoms with Crippen molar-refractivity contribution in [2.24, 2.45) is 0 Å². The molecule has 0 radical (unpaired) electrons. The Morgan fingerprint density at radius 3 is 2.67 bits per heavy atom. The number of carbonyl (C=O) groups is 1. The molecular weight excluding hydrogens is 340 g/mol. The van der Waals surface area contributed by atoms with Gasteiger partial charge in [-0.05, 0) is 23.9 Å². The Bertz CT molecular complexity index is 839. The van der Waals surface area contributed by atoms with Crippen molar-refractivity contribution >= 4 is 33.9 Å². The molecule has 0 fully saturated rings. The highest BCUT2D eigenvalue weighted by Gasteiger charge is 2.20. The smallest absolute Gasteiger partial charge is 0.271 e. The zero-order valence-electron chi connectivity index (χ0n) is 13.7. The van der Waals surface area contributed by atoms with Gasteiger partial charge in [0.25, 0.3) is 5.91 Å². The summed E-state index contributed by atoms with van der Waals surface area (Å²) < 4.78 is 3.87. The average Bonchev–Trinajstić information content (AvgIpc) is 3.22. The summed E-state index contributed by atoms with van der Waals surface area (Å²) in [6.45, 7) is 6.23. The predicted molar refractivity (Wildman–Crippen MR) is 98.9 cm³/mol. The second kappa shape index (κ2) is 7.19. The van der Waals surface area contributed by atoms with E-state index in [4.69, 9.17) is 0 Å². The monoisotopic (exact) mass is 358 g/mol. The van der Waals surface area contributed by atoms with E-state index in [1.54, 1.807) is 0 Å². The van der Waals surface area contributed by atoms with Crippen molar-refractivity contribution in [2.75, 3.05) is 5.32 Å². The van der Waals surface area contributed by atoms with Gasteiger partial charge in [-0.2, -0.15) is 0 Å². The molecule has 0 saturated heterocycles. The number of hydrogen-bond donors (Lipinski definition) is 1. The average molecular weight is 358 g/mol. The number of carbonyl (C=O) groups excluding carboxylic acids is 1. The van der Waals surface area contributed by atoms with E-state index in [0.29, 0.717) is 22.3 Å². The molecule has 1 N–H and O–H groups in total. The van der Waals surface area contributed by atoms with Gasteiger partial charge in [-0.15, -0.1) is 16.4 Å². The maximum absolute atomic E-state index is 12.5. The van der Waals surface area contributed by atoms with Crippen LogP contribution in [0.25, 0.3) is 11.3 Å². The fraction of sp³-hybridized carbons (Fsp3) is 0.294. The van der Waals surface area contributed by atoms with E-state index >= 15 is 0 Å². The van der Waals surface area contributed by atoms with Crippen molar-refractivity contribution < 1.29 is 4.79 Å². The second-order valence-corrected chi connectivity index (χ2v) is 7.39. The van der Waals surface area contributed by atoms with Crippen LogP contribution in [0.5, 0.6) is 0 Å². The van der Waals surface area contributed by atoms with Crippen LogP contribution in [0.15, 0.2) is 30.3 Å². The van der Waals surface area contributed by atoms with Gasteiger partial charge in [0.05, 0.1) is 11.4 Å². The summed E-state index contributed by atoms with van der Waals surface area (Å²) in [6, 6.07) is 10.0. The Morgan fingerprint density at radius 2 is 2.00 bits per heavy atom. The first kappa shape index (κ1) is 16.7. The lowest BCUT2D eigenvalue weighted by Crippen LogP contribution is -2.12. The molecule has 2 heterocycles. The maximum atomic E-state index is 12.5. The van der Waals surface area contributed by atoms with Crippen LogP contribution in [0, 0.1) is 0 Å². The molecule has 0 aliphatic carbocycles. The quantitative estimate of drug-likeness (QED) is 0.724. The minimum absolute atomic E-state index is 0.189. The lowest BCUT2D eigenvalue weighted by molar-refractivity contribution is 0.102. The summed E-state index contributed by atoms with van der Waals surface area (Å²) in [5, 5.41) is 7.50. The number of nitrogens with zero attached hydrogens (tertiary/aromatic N) is 3. The molecule has 1 aromatic carbocycles. The van der Waals surface area contributed by atoms with Gasteiger partial charge in [0.15, 0.2) is 5.13 Å². The molecule has 5 nitrogen and oxygen atoms in total. The first-order valence-corrected chi connectivity index (χ1v) is 9.37. The van der Waals surface area contributed by atoms with Gasteiger partial charge < -0.3 is 0 Å². The summed E-state index contributed by atoms with van der Waals surface area (Å²) in [6.07, 6.45) is 0.684. The third kappa shape index (κ3) is 3.37. The Kier molecular flexibility index (Phi) is 5.01. The molecule has 0 atom stereocenters. The number of benzene rings is 1. The topological polar surface area (TPSA) is 67.8 Å². The van der Waals surface area contributed by atoms with Gasteiger partial charge in [-0.1, -0.05) is 55.6 Å². The lowest BCUT2D eigenvalue weighted by atomic mass is 10.1. The summed E-state index contributed by atoms with van der Waals surface area (Å²) in [5.74, 6) is 0.144. The number of hydrogen-bond acceptors (Lipinski definition) is 6. The third-order valence-corrected chi connectivity index (χ3v) is 5.58. The molecule has 124 valence electrons. The third-order valence-electron chi connectivity index (χ3n) is 3.54. The van der Waals surface area contributed by atoms with Crippen LogP contribution < -0.4 is 5.32 Å². The van der Waals surface area contributed by atoms with Crippen LogP contribution in [0.4, 0.5) is 5.13 Å². The van der Waals surface area contributed by atoms with Gasteiger partial charge in [0.1, 0.15) is 4.88 Å². The minimum Gasteiger partial charge on any atom is -0.297 e. The normalized spacial score (nSPS) is 11.0. The van der Waals surface area contributed by atoms with E-state index in [1.165, 1.54) is 11.3 Å². The molecule has 2 aromatic heterocycles. The minimum atomic E-state index is -0.189. The van der Waals surface area contributed by atoms with Gasteiger partial charge in [-0.25, -0.2) is 4.98 Å². The SMILES string of the molecule is CCc1nnsc1C(=O)Nc1nc(-c2ccccc2)c(C(C)C)s1. The van der Waals surface area contributed by atoms with Gasteiger partial charge in [0.2, 0.25) is 0 Å². The number of aromatic nitrogens is 3. The zero-order valence-corrected chi connectivity index (χ0v) is 15.4. The van der Waals surface area contributed by atoms with E-state index in [9.17, 15) is 4.79 Å². The van der Waals surface area contributed by atoms with Crippen molar-refractivity contribution in [2.45, 2.75) is 33.1 Å². The predicted octanol–water partition coefficient (Wildman–Crippen LogP) is 4.60. The Labute approximate surface area is 148 Å². The molecule has 3 rings (SSSR count). The van der Waals surface area contributed by atoms with Crippen molar-refractivity contribution in [3.8, 4) is 11.3 Å². The molecule has 24 heavy (non-hydrogen) atoms. The number of anilines is 1. The lowest BCUT2D eigenvalue weighted by Gasteiger charge is -2.04. The van der Waals surface area contributed by atoms with E-state index in [0.717, 1.165) is 33.4 Å². The number of nitrogens with one attached hydrogen (secondary N) is 1. The van der Waals surface area contributed by atoms with Gasteiger partial charge >= 0.3 is 0 Å². The summed E-state index contributed by atoms with van der Waals surface area (Å²) >= 11 is 2.64. The standard InChI is InChI=1S/C17H18N4OS2/c1-4-12-15(24-21-20-12)16(22)19-17-18-13(14(23-17)10(2)3)11-8-6-5-7-9-11/h5-10H,4H2,1-3H3,(H,18,19,22). The van der Waals surface area contributed by atoms with Crippen LogP contribution in [-0.2, 0) is 6.42 Å². The first-order valence-electron chi connectivity index (χ1n) is 7.78. The molecule has 3 aromatic rings. The maximum Gasteiger partial charge on any atom is 0.271 e. The fourth-order valence-corrected chi connectivity index (χ4v) is 3.98. The molecule has 0 bridgehead atoms. The van der Waals surface area contributed by atoms with E-state index < -0.39 is 0 Å². The highest BCUT2D eigenvalue weighted by Crippen LogP contribution is 2.36. The van der Waals surface area contributed by atoms with Gasteiger partial charge in [-0.3, -0.25) is 10.1 Å². The number of amides is 1. The summed E-state index contributed by atoms with van der Waals surface area (Å²) in [4.78, 5) is 18.8. The Balaban J connectivity index is 1.91. The van der Waals surface area contributed by atoms with Gasteiger partial charge in [0, 0.05) is 10.4 Å². The summed E-state index contributed by atoms with van der Waals surface area (Å²) in [5.41, 5.74) is 2.72. The van der Waals surface area contributed by atoms with Crippen LogP contribution in [0.3, 0.4) is 0 Å². The number of thiazole rings is 1. The van der Waals surface area contributed by atoms with E-state index in [1.807, 2.05) is 37.3 Å². The van der Waals surface area contributed by atoms with Crippen LogP contribution >= 0.6 is 22.9 Å². The van der Waals surface area contributed by atoms with Crippen LogP contribution in [-0.4, -0.2) is 20.5 Å².